The van der Waals surface area contributed by atoms with Gasteiger partial charge in [0.2, 0.25) is 0 Å². The minimum absolute atomic E-state index is 0.0564. The van der Waals surface area contributed by atoms with Gasteiger partial charge < -0.3 is 5.73 Å². The number of rotatable bonds is 3. The summed E-state index contributed by atoms with van der Waals surface area (Å²) in [7, 11) is 0. The number of anilines is 1. The number of halogens is 3. The molecule has 5 nitrogen and oxygen atoms in total. The number of tetrazole rings is 1. The zero-order chi connectivity index (χ0) is 13.3. The summed E-state index contributed by atoms with van der Waals surface area (Å²) in [6.07, 6.45) is -2.60. The van der Waals surface area contributed by atoms with Crippen molar-refractivity contribution in [1.29, 1.82) is 0 Å². The molecule has 0 spiro atoms. The molecule has 0 aliphatic heterocycles. The van der Waals surface area contributed by atoms with Crippen LogP contribution in [0.4, 0.5) is 18.9 Å². The number of alkyl halides is 2. The molecule has 1 aromatic carbocycles. The number of nitrogens with two attached hydrogens (primary N) is 1. The fourth-order valence-corrected chi connectivity index (χ4v) is 1.49. The van der Waals surface area contributed by atoms with Crippen molar-refractivity contribution >= 4 is 5.69 Å². The molecule has 96 valence electrons. The first kappa shape index (κ1) is 12.3. The first-order chi connectivity index (χ1) is 8.49. The molecule has 0 saturated carbocycles. The van der Waals surface area contributed by atoms with E-state index in [9.17, 15) is 13.2 Å². The van der Waals surface area contributed by atoms with Gasteiger partial charge in [-0.3, -0.25) is 0 Å². The molecule has 0 unspecified atom stereocenters. The lowest BCUT2D eigenvalue weighted by molar-refractivity contribution is 0.121. The molecule has 1 aromatic heterocycles. The Bertz CT molecular complexity index is 543. The molecule has 2 aromatic rings. The molecule has 8 heteroatoms. The van der Waals surface area contributed by atoms with Crippen LogP contribution >= 0.6 is 0 Å². The Morgan fingerprint density at radius 3 is 2.72 bits per heavy atom. The Kier molecular flexibility index (Phi) is 3.17. The molecule has 2 rings (SSSR count). The lowest BCUT2D eigenvalue weighted by Crippen LogP contribution is -2.10. The third-order valence-electron chi connectivity index (χ3n) is 2.49. The van der Waals surface area contributed by atoms with E-state index in [-0.39, 0.29) is 17.1 Å². The average molecular weight is 257 g/mol. The van der Waals surface area contributed by atoms with E-state index in [4.69, 9.17) is 5.73 Å². The summed E-state index contributed by atoms with van der Waals surface area (Å²) in [5.41, 5.74) is 6.39. The smallest absolute Gasteiger partial charge is 0.258 e. The van der Waals surface area contributed by atoms with E-state index in [1.54, 1.807) is 0 Å². The molecule has 2 N–H and O–H groups in total. The second-order valence-electron chi connectivity index (χ2n) is 3.75. The number of hydrogen-bond acceptors (Lipinski definition) is 4. The molecule has 0 amide bonds. The van der Waals surface area contributed by atoms with Crippen molar-refractivity contribution in [2.24, 2.45) is 0 Å². The Hall–Kier alpha value is -2.12. The van der Waals surface area contributed by atoms with E-state index in [2.05, 4.69) is 15.5 Å². The number of hydrogen-bond donors (Lipinski definition) is 1. The van der Waals surface area contributed by atoms with Gasteiger partial charge in [-0.15, -0.1) is 5.10 Å². The minimum atomic E-state index is -2.60. The van der Waals surface area contributed by atoms with Crippen LogP contribution in [0.5, 0.6) is 0 Å². The summed E-state index contributed by atoms with van der Waals surface area (Å²) in [5.74, 6) is -0.475. The Morgan fingerprint density at radius 1 is 1.39 bits per heavy atom. The third kappa shape index (κ3) is 2.27. The minimum Gasteiger partial charge on any atom is -0.398 e. The van der Waals surface area contributed by atoms with Crippen molar-refractivity contribution in [3.63, 3.8) is 0 Å². The van der Waals surface area contributed by atoms with E-state index in [0.29, 0.717) is 5.56 Å². The van der Waals surface area contributed by atoms with Crippen LogP contribution in [0.3, 0.4) is 0 Å². The number of aromatic nitrogens is 4. The summed E-state index contributed by atoms with van der Waals surface area (Å²) in [6.45, 7) is 0.869. The zero-order valence-electron chi connectivity index (χ0n) is 9.44. The van der Waals surface area contributed by atoms with Crippen LogP contribution in [-0.2, 0) is 6.54 Å². The Balaban J connectivity index is 2.46. The van der Waals surface area contributed by atoms with E-state index in [1.807, 2.05) is 0 Å². The lowest BCUT2D eigenvalue weighted by atomic mass is 10.1. The van der Waals surface area contributed by atoms with E-state index in [0.717, 1.165) is 4.68 Å². The van der Waals surface area contributed by atoms with Gasteiger partial charge in [0.05, 0.1) is 0 Å². The maximum atomic E-state index is 13.5. The van der Waals surface area contributed by atoms with Crippen molar-refractivity contribution in [2.45, 2.75) is 19.9 Å². The van der Waals surface area contributed by atoms with E-state index in [1.165, 1.54) is 19.1 Å². The van der Waals surface area contributed by atoms with Crippen molar-refractivity contribution < 1.29 is 13.2 Å². The number of nitrogens with zero attached hydrogens (tertiary/aromatic N) is 4. The van der Waals surface area contributed by atoms with Gasteiger partial charge >= 0.3 is 0 Å². The van der Waals surface area contributed by atoms with Gasteiger partial charge in [-0.05, 0) is 29.5 Å². The Morgan fingerprint density at radius 2 is 2.11 bits per heavy atom. The van der Waals surface area contributed by atoms with Gasteiger partial charge in [-0.25, -0.2) is 17.9 Å². The molecular weight excluding hydrogens is 247 g/mol. The monoisotopic (exact) mass is 257 g/mol. The molecule has 0 atom stereocenters. The second kappa shape index (κ2) is 4.63. The highest BCUT2D eigenvalue weighted by atomic mass is 19.3. The van der Waals surface area contributed by atoms with Crippen LogP contribution in [-0.4, -0.2) is 26.6 Å². The molecule has 0 fully saturated rings. The van der Waals surface area contributed by atoms with Crippen LogP contribution in [0.25, 0.3) is 11.4 Å². The van der Waals surface area contributed by atoms with Crippen molar-refractivity contribution in [3.8, 4) is 11.4 Å². The number of benzene rings is 1. The van der Waals surface area contributed by atoms with Gasteiger partial charge in [0, 0.05) is 16.8 Å². The van der Waals surface area contributed by atoms with Gasteiger partial charge in [0.25, 0.3) is 6.43 Å². The molecule has 0 aliphatic rings. The maximum absolute atomic E-state index is 13.5. The quantitative estimate of drug-likeness (QED) is 0.848. The average Bonchev–Trinajstić information content (AvgIpc) is 2.72. The van der Waals surface area contributed by atoms with E-state index >= 15 is 0 Å². The fourth-order valence-electron chi connectivity index (χ4n) is 1.49. The first-order valence-electron chi connectivity index (χ1n) is 5.09. The summed E-state index contributed by atoms with van der Waals surface area (Å²) in [5, 5.41) is 10.3. The molecule has 0 radical (unpaired) electrons. The highest BCUT2D eigenvalue weighted by molar-refractivity contribution is 5.63. The largest absolute Gasteiger partial charge is 0.398 e. The van der Waals surface area contributed by atoms with Gasteiger partial charge in [-0.2, -0.15) is 0 Å². The lowest BCUT2D eigenvalue weighted by Gasteiger charge is -2.07. The van der Waals surface area contributed by atoms with Crippen LogP contribution in [0.15, 0.2) is 12.1 Å². The van der Waals surface area contributed by atoms with E-state index < -0.39 is 18.8 Å². The SMILES string of the molecule is Cc1c(N)cc(-c2nnnn2CC(F)F)cc1F. The molecule has 18 heavy (non-hydrogen) atoms. The first-order valence-corrected chi connectivity index (χ1v) is 5.09. The van der Waals surface area contributed by atoms with Crippen molar-refractivity contribution in [3.05, 3.63) is 23.5 Å². The summed E-state index contributed by atoms with van der Waals surface area (Å²) in [4.78, 5) is 0. The zero-order valence-corrected chi connectivity index (χ0v) is 9.44. The number of nitrogen functional groups attached to an aromatic ring is 1. The normalized spacial score (nSPS) is 11.2. The molecule has 0 bridgehead atoms. The molecule has 0 aliphatic carbocycles. The van der Waals surface area contributed by atoms with Crippen LogP contribution in [0, 0.1) is 12.7 Å². The van der Waals surface area contributed by atoms with Crippen LogP contribution in [0.2, 0.25) is 0 Å². The molecular formula is C10H10F3N5. The van der Waals surface area contributed by atoms with Gasteiger partial charge in [-0.1, -0.05) is 0 Å². The predicted octanol–water partition coefficient (Wildman–Crippen LogP) is 1.63. The summed E-state index contributed by atoms with van der Waals surface area (Å²) < 4.78 is 39.0. The Labute approximate surface area is 100 Å². The highest BCUT2D eigenvalue weighted by Gasteiger charge is 2.15. The fraction of sp³-hybridized carbons (Fsp3) is 0.300. The van der Waals surface area contributed by atoms with Gasteiger partial charge in [0.15, 0.2) is 5.82 Å². The maximum Gasteiger partial charge on any atom is 0.258 e. The van der Waals surface area contributed by atoms with Crippen molar-refractivity contribution in [2.75, 3.05) is 5.73 Å². The van der Waals surface area contributed by atoms with Gasteiger partial charge in [0.1, 0.15) is 12.4 Å². The second-order valence-corrected chi connectivity index (χ2v) is 3.75. The molecule has 1 heterocycles. The van der Waals surface area contributed by atoms with Crippen LogP contribution < -0.4 is 5.73 Å². The third-order valence-corrected chi connectivity index (χ3v) is 2.49. The molecule has 0 saturated heterocycles. The topological polar surface area (TPSA) is 69.6 Å². The van der Waals surface area contributed by atoms with Crippen LogP contribution in [0.1, 0.15) is 5.56 Å². The summed E-state index contributed by atoms with van der Waals surface area (Å²) in [6, 6.07) is 2.62. The standard InChI is InChI=1S/C10H10F3N5/c1-5-7(11)2-6(3-8(5)14)10-15-16-17-18(10)4-9(12)13/h2-3,9H,4,14H2,1H3. The van der Waals surface area contributed by atoms with Crippen molar-refractivity contribution in [1.82, 2.24) is 20.2 Å². The highest BCUT2D eigenvalue weighted by Crippen LogP contribution is 2.24. The summed E-state index contributed by atoms with van der Waals surface area (Å²) >= 11 is 0. The predicted molar refractivity (Wildman–Crippen MR) is 58.4 cm³/mol.